The smallest absolute Gasteiger partial charge is 0.313 e. The summed E-state index contributed by atoms with van der Waals surface area (Å²) < 4.78 is 10.5. The van der Waals surface area contributed by atoms with Gasteiger partial charge in [0.1, 0.15) is 6.10 Å². The van der Waals surface area contributed by atoms with Crippen molar-refractivity contribution in [2.45, 2.75) is 116 Å². The Hall–Kier alpha value is -1.06. The van der Waals surface area contributed by atoms with Crippen LogP contribution in [-0.4, -0.2) is 24.1 Å². The van der Waals surface area contributed by atoms with Crippen LogP contribution in [0.4, 0.5) is 0 Å². The maximum atomic E-state index is 11.9. The van der Waals surface area contributed by atoms with Crippen molar-refractivity contribution in [3.05, 3.63) is 0 Å². The molecule has 0 amide bonds. The highest BCUT2D eigenvalue weighted by atomic mass is 16.6. The molecular formula is C21H38O4. The predicted molar refractivity (Wildman–Crippen MR) is 100 cm³/mol. The van der Waals surface area contributed by atoms with E-state index in [9.17, 15) is 9.59 Å². The number of carbonyl (C=O) groups is 2. The first-order chi connectivity index (χ1) is 12.1. The molecule has 1 aliphatic rings. The molecule has 0 radical (unpaired) electrons. The van der Waals surface area contributed by atoms with E-state index in [-0.39, 0.29) is 24.0 Å². The predicted octanol–water partition coefficient (Wildman–Crippen LogP) is 5.57. The number of hydrogen-bond acceptors (Lipinski definition) is 4. The number of rotatable bonds is 14. The number of ether oxygens (including phenoxy) is 2. The molecule has 1 saturated heterocycles. The summed E-state index contributed by atoms with van der Waals surface area (Å²) in [5.41, 5.74) is 0. The van der Waals surface area contributed by atoms with E-state index in [0.717, 1.165) is 19.3 Å². The lowest BCUT2D eigenvalue weighted by molar-refractivity contribution is -0.150. The van der Waals surface area contributed by atoms with E-state index in [1.807, 2.05) is 0 Å². The van der Waals surface area contributed by atoms with Crippen LogP contribution in [0.1, 0.15) is 104 Å². The molecule has 0 unspecified atom stereocenters. The second-order valence-electron chi connectivity index (χ2n) is 7.50. The normalized spacial score (nSPS) is 22.8. The molecule has 0 aromatic carbocycles. The second-order valence-corrected chi connectivity index (χ2v) is 7.50. The summed E-state index contributed by atoms with van der Waals surface area (Å²) in [6.45, 7) is 5.44. The summed E-state index contributed by atoms with van der Waals surface area (Å²) >= 11 is 0. The Morgan fingerprint density at radius 3 is 1.88 bits per heavy atom. The number of carbonyl (C=O) groups excluding carboxylic acids is 2. The van der Waals surface area contributed by atoms with Crippen molar-refractivity contribution in [1.29, 1.82) is 0 Å². The van der Waals surface area contributed by atoms with Crippen LogP contribution in [0.2, 0.25) is 0 Å². The standard InChI is InChI=1S/C21H38O4/c1-4-5-6-7-8-9-10-11-12-13-14-15-16-19-20(25-18(3)22)17(2)24-21(19)23/h17,19-20H,4-16H2,1-3H3/t17-,19-,20+/m1/s1. The zero-order valence-electron chi connectivity index (χ0n) is 16.6. The number of cyclic esters (lactones) is 1. The molecular weight excluding hydrogens is 316 g/mol. The van der Waals surface area contributed by atoms with E-state index in [1.54, 1.807) is 6.92 Å². The third kappa shape index (κ3) is 9.27. The summed E-state index contributed by atoms with van der Waals surface area (Å²) in [5.74, 6) is -0.821. The van der Waals surface area contributed by atoms with Gasteiger partial charge >= 0.3 is 11.9 Å². The fraction of sp³-hybridized carbons (Fsp3) is 0.905. The van der Waals surface area contributed by atoms with Crippen molar-refractivity contribution in [1.82, 2.24) is 0 Å². The van der Waals surface area contributed by atoms with E-state index in [1.165, 1.54) is 71.1 Å². The van der Waals surface area contributed by atoms with Crippen LogP contribution in [0.5, 0.6) is 0 Å². The lowest BCUT2D eigenvalue weighted by atomic mass is 9.94. The average molecular weight is 355 g/mol. The van der Waals surface area contributed by atoms with Crippen LogP contribution in [0.3, 0.4) is 0 Å². The number of esters is 2. The highest BCUT2D eigenvalue weighted by Crippen LogP contribution is 2.29. The maximum absolute atomic E-state index is 11.9. The van der Waals surface area contributed by atoms with Crippen LogP contribution in [0, 0.1) is 5.92 Å². The zero-order chi connectivity index (χ0) is 18.5. The number of unbranched alkanes of at least 4 members (excludes halogenated alkanes) is 11. The van der Waals surface area contributed by atoms with Crippen LogP contribution >= 0.6 is 0 Å². The van der Waals surface area contributed by atoms with E-state index in [4.69, 9.17) is 9.47 Å². The van der Waals surface area contributed by atoms with Gasteiger partial charge in [-0.05, 0) is 13.3 Å². The molecule has 4 nitrogen and oxygen atoms in total. The van der Waals surface area contributed by atoms with Gasteiger partial charge in [0.25, 0.3) is 0 Å². The van der Waals surface area contributed by atoms with Gasteiger partial charge in [0, 0.05) is 6.92 Å². The molecule has 0 N–H and O–H groups in total. The third-order valence-corrected chi connectivity index (χ3v) is 5.13. The average Bonchev–Trinajstić information content (AvgIpc) is 2.82. The van der Waals surface area contributed by atoms with Crippen LogP contribution in [-0.2, 0) is 19.1 Å². The Labute approximate surface area is 154 Å². The summed E-state index contributed by atoms with van der Waals surface area (Å²) in [6, 6.07) is 0. The topological polar surface area (TPSA) is 52.6 Å². The zero-order valence-corrected chi connectivity index (χ0v) is 16.6. The first-order valence-corrected chi connectivity index (χ1v) is 10.4. The van der Waals surface area contributed by atoms with Gasteiger partial charge in [-0.3, -0.25) is 9.59 Å². The summed E-state index contributed by atoms with van der Waals surface area (Å²) in [6.07, 6.45) is 15.6. The van der Waals surface area contributed by atoms with Crippen LogP contribution in [0.15, 0.2) is 0 Å². The Morgan fingerprint density at radius 1 is 0.920 bits per heavy atom. The molecule has 0 spiro atoms. The Balaban J connectivity index is 2.01. The molecule has 1 rings (SSSR count). The Bertz CT molecular complexity index is 380. The quantitative estimate of drug-likeness (QED) is 0.302. The van der Waals surface area contributed by atoms with Crippen molar-refractivity contribution >= 4 is 11.9 Å². The monoisotopic (exact) mass is 354 g/mol. The van der Waals surface area contributed by atoms with Gasteiger partial charge in [-0.1, -0.05) is 84.0 Å². The van der Waals surface area contributed by atoms with Gasteiger partial charge in [-0.25, -0.2) is 0 Å². The van der Waals surface area contributed by atoms with Crippen molar-refractivity contribution in [2.75, 3.05) is 0 Å². The van der Waals surface area contributed by atoms with Crippen molar-refractivity contribution in [2.24, 2.45) is 5.92 Å². The number of hydrogen-bond donors (Lipinski definition) is 0. The highest BCUT2D eigenvalue weighted by molar-refractivity contribution is 5.76. The van der Waals surface area contributed by atoms with Gasteiger partial charge < -0.3 is 9.47 Å². The molecule has 0 aromatic heterocycles. The molecule has 0 saturated carbocycles. The summed E-state index contributed by atoms with van der Waals surface area (Å²) in [7, 11) is 0. The van der Waals surface area contributed by atoms with E-state index < -0.39 is 6.10 Å². The lowest BCUT2D eigenvalue weighted by Crippen LogP contribution is -2.30. The third-order valence-electron chi connectivity index (χ3n) is 5.13. The van der Waals surface area contributed by atoms with Crippen LogP contribution < -0.4 is 0 Å². The molecule has 1 aliphatic heterocycles. The van der Waals surface area contributed by atoms with E-state index >= 15 is 0 Å². The van der Waals surface area contributed by atoms with Gasteiger partial charge in [0.05, 0.1) is 5.92 Å². The first kappa shape index (κ1) is 22.0. The fourth-order valence-corrected chi connectivity index (χ4v) is 3.66. The minimum atomic E-state index is -0.405. The van der Waals surface area contributed by atoms with E-state index in [2.05, 4.69) is 6.92 Å². The molecule has 0 aromatic rings. The fourth-order valence-electron chi connectivity index (χ4n) is 3.66. The maximum Gasteiger partial charge on any atom is 0.313 e. The molecule has 0 aliphatic carbocycles. The van der Waals surface area contributed by atoms with Crippen molar-refractivity contribution < 1.29 is 19.1 Å². The Morgan fingerprint density at radius 2 is 1.40 bits per heavy atom. The van der Waals surface area contributed by atoms with Gasteiger partial charge in [-0.15, -0.1) is 0 Å². The molecule has 1 fully saturated rings. The van der Waals surface area contributed by atoms with Crippen molar-refractivity contribution in [3.63, 3.8) is 0 Å². The van der Waals surface area contributed by atoms with Gasteiger partial charge in [-0.2, -0.15) is 0 Å². The molecule has 1 heterocycles. The molecule has 146 valence electrons. The Kier molecular flexibility index (Phi) is 11.6. The largest absolute Gasteiger partial charge is 0.458 e. The minimum absolute atomic E-state index is 0.207. The van der Waals surface area contributed by atoms with E-state index in [0.29, 0.717) is 0 Å². The SMILES string of the molecule is CCCCCCCCCCCCCC[C@H]1C(=O)O[C@H](C)[C@@H]1OC(C)=O. The highest BCUT2D eigenvalue weighted by Gasteiger charge is 2.44. The van der Waals surface area contributed by atoms with Gasteiger partial charge in [0.2, 0.25) is 0 Å². The summed E-state index contributed by atoms with van der Waals surface area (Å²) in [4.78, 5) is 23.1. The molecule has 4 heteroatoms. The summed E-state index contributed by atoms with van der Waals surface area (Å²) in [5, 5.41) is 0. The van der Waals surface area contributed by atoms with Crippen LogP contribution in [0.25, 0.3) is 0 Å². The molecule has 25 heavy (non-hydrogen) atoms. The second kappa shape index (κ2) is 13.2. The molecule has 0 bridgehead atoms. The first-order valence-electron chi connectivity index (χ1n) is 10.4. The van der Waals surface area contributed by atoms with Gasteiger partial charge in [0.15, 0.2) is 6.10 Å². The molecule has 3 atom stereocenters. The lowest BCUT2D eigenvalue weighted by Gasteiger charge is -2.18. The van der Waals surface area contributed by atoms with Crippen molar-refractivity contribution in [3.8, 4) is 0 Å². The minimum Gasteiger partial charge on any atom is -0.458 e.